The van der Waals surface area contributed by atoms with Gasteiger partial charge in [0.1, 0.15) is 11.6 Å². The van der Waals surface area contributed by atoms with Gasteiger partial charge < -0.3 is 25.0 Å². The second-order valence-electron chi connectivity index (χ2n) is 9.73. The summed E-state index contributed by atoms with van der Waals surface area (Å²) in [5, 5.41) is 24.6. The molecule has 0 aromatic heterocycles. The first-order chi connectivity index (χ1) is 19.0. The maximum absolute atomic E-state index is 13.5. The number of phenols is 1. The van der Waals surface area contributed by atoms with Gasteiger partial charge in [-0.15, -0.1) is 0 Å². The van der Waals surface area contributed by atoms with E-state index >= 15 is 0 Å². The minimum atomic E-state index is -4.09. The molecular formula is C29H35FN2O7S. The van der Waals surface area contributed by atoms with Crippen LogP contribution in [0.3, 0.4) is 0 Å². The molecule has 0 heterocycles. The lowest BCUT2D eigenvalue weighted by atomic mass is 10.00. The van der Waals surface area contributed by atoms with E-state index in [-0.39, 0.29) is 53.1 Å². The minimum absolute atomic E-state index is 0.0826. The monoisotopic (exact) mass is 574 g/mol. The third-order valence-electron chi connectivity index (χ3n) is 6.24. The summed E-state index contributed by atoms with van der Waals surface area (Å²) in [5.41, 5.74) is 0.682. The molecule has 3 rings (SSSR count). The summed E-state index contributed by atoms with van der Waals surface area (Å²) in [5.74, 6) is -1.27. The standard InChI is InChI=1S/C29H35FN2O7S/c1-19(2)17-32(40(36,37)22-12-10-21(30)11-13-22)18-26(34)24(14-20-8-6-5-7-9-20)31-29(35)23-15-27(38-3)28(39-4)16-25(23)33/h5-13,15-16,19,24,26,33-34H,14,17-18H2,1-4H3,(H,31,35)/t24-,26+/m0/s1. The Kier molecular flexibility index (Phi) is 10.5. The van der Waals surface area contributed by atoms with Gasteiger partial charge in [-0.25, -0.2) is 12.8 Å². The third kappa shape index (κ3) is 7.71. The van der Waals surface area contributed by atoms with Gasteiger partial charge in [-0.3, -0.25) is 4.79 Å². The average molecular weight is 575 g/mol. The van der Waals surface area contributed by atoms with Crippen molar-refractivity contribution >= 4 is 15.9 Å². The van der Waals surface area contributed by atoms with Crippen LogP contribution in [0.1, 0.15) is 29.8 Å². The largest absolute Gasteiger partial charge is 0.507 e. The van der Waals surface area contributed by atoms with Gasteiger partial charge in [0.2, 0.25) is 10.0 Å². The molecule has 9 nitrogen and oxygen atoms in total. The Hall–Kier alpha value is -3.67. The number of nitrogens with one attached hydrogen (secondary N) is 1. The van der Waals surface area contributed by atoms with Crippen LogP contribution in [0.5, 0.6) is 17.2 Å². The normalized spacial score (nSPS) is 13.2. The molecule has 3 aromatic rings. The molecule has 1 amide bonds. The highest BCUT2D eigenvalue weighted by Crippen LogP contribution is 2.34. The predicted octanol–water partition coefficient (Wildman–Crippen LogP) is 3.60. The van der Waals surface area contributed by atoms with Crippen LogP contribution in [-0.2, 0) is 16.4 Å². The van der Waals surface area contributed by atoms with Crippen LogP contribution < -0.4 is 14.8 Å². The van der Waals surface area contributed by atoms with Crippen LogP contribution in [0.4, 0.5) is 4.39 Å². The van der Waals surface area contributed by atoms with Crippen molar-refractivity contribution < 1.29 is 37.3 Å². The van der Waals surface area contributed by atoms with Gasteiger partial charge in [0, 0.05) is 25.2 Å². The zero-order valence-corrected chi connectivity index (χ0v) is 23.7. The summed E-state index contributed by atoms with van der Waals surface area (Å²) in [6.45, 7) is 3.41. The number of carbonyl (C=O) groups is 1. The van der Waals surface area contributed by atoms with Crippen LogP contribution >= 0.6 is 0 Å². The van der Waals surface area contributed by atoms with Crippen molar-refractivity contribution in [3.63, 3.8) is 0 Å². The molecule has 3 N–H and O–H groups in total. The lowest BCUT2D eigenvalue weighted by molar-refractivity contribution is 0.0773. The third-order valence-corrected chi connectivity index (χ3v) is 8.08. The number of ether oxygens (including phenoxy) is 2. The highest BCUT2D eigenvalue weighted by molar-refractivity contribution is 7.89. The lowest BCUT2D eigenvalue weighted by Crippen LogP contribution is -2.51. The SMILES string of the molecule is COc1cc(O)c(C(=O)N[C@@H](Cc2ccccc2)[C@H](O)CN(CC(C)C)S(=O)(=O)c2ccc(F)cc2)cc1OC. The van der Waals surface area contributed by atoms with E-state index in [4.69, 9.17) is 9.47 Å². The molecule has 0 saturated carbocycles. The van der Waals surface area contributed by atoms with Crippen molar-refractivity contribution in [2.24, 2.45) is 5.92 Å². The van der Waals surface area contributed by atoms with Crippen LogP contribution in [0.15, 0.2) is 71.6 Å². The molecule has 0 radical (unpaired) electrons. The molecule has 3 aromatic carbocycles. The van der Waals surface area contributed by atoms with Gasteiger partial charge in [0.15, 0.2) is 11.5 Å². The van der Waals surface area contributed by atoms with Crippen LogP contribution in [0.25, 0.3) is 0 Å². The Bertz CT molecular complexity index is 1380. The number of rotatable bonds is 13. The second-order valence-corrected chi connectivity index (χ2v) is 11.7. The fraction of sp³-hybridized carbons (Fsp3) is 0.345. The highest BCUT2D eigenvalue weighted by Gasteiger charge is 2.32. The summed E-state index contributed by atoms with van der Waals surface area (Å²) in [4.78, 5) is 13.2. The number of nitrogens with zero attached hydrogens (tertiary/aromatic N) is 1. The molecule has 0 spiro atoms. The summed E-state index contributed by atoms with van der Waals surface area (Å²) in [7, 11) is -1.31. The van der Waals surface area contributed by atoms with Crippen LogP contribution in [-0.4, -0.2) is 68.3 Å². The molecule has 11 heteroatoms. The van der Waals surface area contributed by atoms with E-state index in [9.17, 15) is 27.8 Å². The van der Waals surface area contributed by atoms with Crippen LogP contribution in [0, 0.1) is 11.7 Å². The lowest BCUT2D eigenvalue weighted by Gasteiger charge is -2.31. The summed E-state index contributed by atoms with van der Waals surface area (Å²) in [6, 6.07) is 15.2. The van der Waals surface area contributed by atoms with E-state index in [0.717, 1.165) is 22.0 Å². The number of benzene rings is 3. The quantitative estimate of drug-likeness (QED) is 0.285. The maximum Gasteiger partial charge on any atom is 0.255 e. The number of amides is 1. The van der Waals surface area contributed by atoms with Gasteiger partial charge in [-0.1, -0.05) is 44.2 Å². The number of carbonyl (C=O) groups excluding carboxylic acids is 1. The van der Waals surface area contributed by atoms with E-state index in [0.29, 0.717) is 0 Å². The fourth-order valence-electron chi connectivity index (χ4n) is 4.22. The topological polar surface area (TPSA) is 125 Å². The molecule has 0 aliphatic carbocycles. The second kappa shape index (κ2) is 13.6. The Morgan fingerprint density at radius 2 is 1.57 bits per heavy atom. The average Bonchev–Trinajstić information content (AvgIpc) is 2.92. The Labute approximate surface area is 234 Å². The van der Waals surface area contributed by atoms with E-state index in [1.165, 1.54) is 38.5 Å². The molecule has 0 aliphatic heterocycles. The van der Waals surface area contributed by atoms with Crippen molar-refractivity contribution in [2.45, 2.75) is 37.3 Å². The Morgan fingerprint density at radius 1 is 0.975 bits per heavy atom. The van der Waals surface area contributed by atoms with Crippen LogP contribution in [0.2, 0.25) is 0 Å². The van der Waals surface area contributed by atoms with Crippen molar-refractivity contribution in [1.29, 1.82) is 0 Å². The Morgan fingerprint density at radius 3 is 2.15 bits per heavy atom. The number of aromatic hydroxyl groups is 1. The summed E-state index contributed by atoms with van der Waals surface area (Å²) >= 11 is 0. The fourth-order valence-corrected chi connectivity index (χ4v) is 5.84. The number of phenolic OH excluding ortho intramolecular Hbond substituents is 1. The van der Waals surface area contributed by atoms with Gasteiger partial charge >= 0.3 is 0 Å². The molecule has 40 heavy (non-hydrogen) atoms. The first-order valence-corrected chi connectivity index (χ1v) is 14.1. The van der Waals surface area contributed by atoms with E-state index < -0.39 is 33.9 Å². The molecule has 0 saturated heterocycles. The number of hydrogen-bond donors (Lipinski definition) is 3. The molecule has 216 valence electrons. The van der Waals surface area contributed by atoms with E-state index in [2.05, 4.69) is 5.32 Å². The molecule has 2 atom stereocenters. The highest BCUT2D eigenvalue weighted by atomic mass is 32.2. The van der Waals surface area contributed by atoms with Gasteiger partial charge in [0.25, 0.3) is 5.91 Å². The number of aliphatic hydroxyl groups is 1. The summed E-state index contributed by atoms with van der Waals surface area (Å²) in [6.07, 6.45) is -1.17. The predicted molar refractivity (Wildman–Crippen MR) is 149 cm³/mol. The molecular weight excluding hydrogens is 539 g/mol. The number of sulfonamides is 1. The van der Waals surface area contributed by atoms with Crippen molar-refractivity contribution in [3.8, 4) is 17.2 Å². The van der Waals surface area contributed by atoms with Crippen molar-refractivity contribution in [2.75, 3.05) is 27.3 Å². The van der Waals surface area contributed by atoms with Gasteiger partial charge in [0.05, 0.1) is 36.8 Å². The zero-order chi connectivity index (χ0) is 29.4. The Balaban J connectivity index is 1.93. The molecule has 0 aliphatic rings. The number of hydrogen-bond acceptors (Lipinski definition) is 7. The van der Waals surface area contributed by atoms with Gasteiger partial charge in [-0.05, 0) is 42.2 Å². The van der Waals surface area contributed by atoms with E-state index in [1.54, 1.807) is 0 Å². The van der Waals surface area contributed by atoms with E-state index in [1.807, 2.05) is 44.2 Å². The smallest absolute Gasteiger partial charge is 0.255 e. The first kappa shape index (κ1) is 30.9. The molecule has 0 unspecified atom stereocenters. The molecule has 0 bridgehead atoms. The first-order valence-electron chi connectivity index (χ1n) is 12.7. The maximum atomic E-state index is 13.5. The van der Waals surface area contributed by atoms with Crippen molar-refractivity contribution in [3.05, 3.63) is 83.7 Å². The number of methoxy groups -OCH3 is 2. The summed E-state index contributed by atoms with van der Waals surface area (Å²) < 4.78 is 51.9. The minimum Gasteiger partial charge on any atom is -0.507 e. The number of aliphatic hydroxyl groups excluding tert-OH is 1. The number of halogens is 1. The van der Waals surface area contributed by atoms with Crippen molar-refractivity contribution in [1.82, 2.24) is 9.62 Å². The molecule has 0 fully saturated rings. The van der Waals surface area contributed by atoms with Gasteiger partial charge in [-0.2, -0.15) is 4.31 Å². The zero-order valence-electron chi connectivity index (χ0n) is 22.9.